The van der Waals surface area contributed by atoms with Crippen molar-refractivity contribution in [2.75, 3.05) is 70.6 Å². The lowest BCUT2D eigenvalue weighted by atomic mass is 9.66. The maximum atomic E-state index is 14.8. The highest BCUT2D eigenvalue weighted by atomic mass is 32.2. The molecule has 4 fully saturated rings. The van der Waals surface area contributed by atoms with Crippen molar-refractivity contribution in [2.24, 2.45) is 11.8 Å². The topological polar surface area (TPSA) is 103 Å². The van der Waals surface area contributed by atoms with Gasteiger partial charge in [-0.25, -0.2) is 0 Å². The standard InChI is InChI=1S/C35H50N4O6S/c1-6-16-37(19-18-36-20-22-44-23-21-36)33(43)30-35-15-14-34(5,46-35)28(29(35)32(42)39(30)25(8-3)24-40)31(41)38(17-7-2)26-10-12-27(13-11-26)45-9-4/h6-7,10-13,25,28-30,40H,1-2,8-9,14-24H2,3-5H3/t25-,28+,29-,30?,34-,35?/m0/s1. The zero-order valence-electron chi connectivity index (χ0n) is 27.6. The van der Waals surface area contributed by atoms with Crippen molar-refractivity contribution in [3.63, 3.8) is 0 Å². The van der Waals surface area contributed by atoms with Gasteiger partial charge in [-0.05, 0) is 57.4 Å². The smallest absolute Gasteiger partial charge is 0.247 e. The minimum atomic E-state index is -0.783. The first kappa shape index (κ1) is 34.5. The molecule has 4 aliphatic heterocycles. The number of hydrogen-bond acceptors (Lipinski definition) is 8. The van der Waals surface area contributed by atoms with E-state index in [1.807, 2.05) is 43.0 Å². The van der Waals surface area contributed by atoms with Crippen LogP contribution in [-0.4, -0.2) is 125 Å². The monoisotopic (exact) mass is 654 g/mol. The summed E-state index contributed by atoms with van der Waals surface area (Å²) in [6, 6.07) is 6.10. The molecule has 10 nitrogen and oxygen atoms in total. The molecule has 252 valence electrons. The Hall–Kier alpha value is -2.86. The zero-order valence-corrected chi connectivity index (χ0v) is 28.4. The molecule has 6 atom stereocenters. The van der Waals surface area contributed by atoms with E-state index in [0.717, 1.165) is 13.1 Å². The Labute approximate surface area is 277 Å². The fourth-order valence-corrected chi connectivity index (χ4v) is 10.4. The first-order valence-electron chi connectivity index (χ1n) is 16.7. The molecule has 0 saturated carbocycles. The molecule has 46 heavy (non-hydrogen) atoms. The highest BCUT2D eigenvalue weighted by Crippen LogP contribution is 2.72. The number of fused-ring (bicyclic) bond motifs is 1. The largest absolute Gasteiger partial charge is 0.494 e. The summed E-state index contributed by atoms with van der Waals surface area (Å²) >= 11 is 1.65. The van der Waals surface area contributed by atoms with Crippen molar-refractivity contribution in [1.29, 1.82) is 0 Å². The summed E-state index contributed by atoms with van der Waals surface area (Å²) in [6.07, 6.45) is 5.29. The van der Waals surface area contributed by atoms with Crippen molar-refractivity contribution in [3.05, 3.63) is 49.6 Å². The number of carbonyl (C=O) groups is 3. The van der Waals surface area contributed by atoms with E-state index < -0.39 is 33.4 Å². The molecule has 2 bridgehead atoms. The van der Waals surface area contributed by atoms with E-state index in [9.17, 15) is 19.5 Å². The Kier molecular flexibility index (Phi) is 10.9. The number of aliphatic hydroxyl groups excluding tert-OH is 1. The Morgan fingerprint density at radius 3 is 2.43 bits per heavy atom. The number of nitrogens with zero attached hydrogens (tertiary/aromatic N) is 4. The van der Waals surface area contributed by atoms with Crippen LogP contribution in [0.1, 0.15) is 40.0 Å². The van der Waals surface area contributed by atoms with Crippen LogP contribution in [0.3, 0.4) is 0 Å². The molecule has 5 rings (SSSR count). The minimum absolute atomic E-state index is 0.129. The molecule has 4 saturated heterocycles. The molecule has 1 N–H and O–H groups in total. The van der Waals surface area contributed by atoms with Gasteiger partial charge in [0.05, 0.1) is 49.1 Å². The van der Waals surface area contributed by atoms with Crippen molar-refractivity contribution >= 4 is 35.2 Å². The second-order valence-electron chi connectivity index (χ2n) is 12.9. The van der Waals surface area contributed by atoms with Gasteiger partial charge >= 0.3 is 0 Å². The lowest BCUT2D eigenvalue weighted by Crippen LogP contribution is -2.58. The number of likely N-dealkylation sites (tertiary alicyclic amines) is 1. The van der Waals surface area contributed by atoms with Gasteiger partial charge in [0, 0.05) is 49.7 Å². The van der Waals surface area contributed by atoms with Gasteiger partial charge in [-0.3, -0.25) is 19.3 Å². The Morgan fingerprint density at radius 1 is 1.13 bits per heavy atom. The van der Waals surface area contributed by atoms with E-state index in [1.54, 1.807) is 33.7 Å². The van der Waals surface area contributed by atoms with Gasteiger partial charge in [0.25, 0.3) is 0 Å². The van der Waals surface area contributed by atoms with Crippen LogP contribution < -0.4 is 9.64 Å². The van der Waals surface area contributed by atoms with E-state index in [0.29, 0.717) is 70.2 Å². The number of hydrogen-bond donors (Lipinski definition) is 1. The minimum Gasteiger partial charge on any atom is -0.494 e. The van der Waals surface area contributed by atoms with Crippen molar-refractivity contribution < 1.29 is 29.0 Å². The maximum Gasteiger partial charge on any atom is 0.247 e. The van der Waals surface area contributed by atoms with Crippen LogP contribution in [0.4, 0.5) is 5.69 Å². The quantitative estimate of drug-likeness (QED) is 0.288. The lowest BCUT2D eigenvalue weighted by Gasteiger charge is -2.40. The summed E-state index contributed by atoms with van der Waals surface area (Å²) in [5.74, 6) is -1.07. The molecule has 4 aliphatic rings. The number of benzene rings is 1. The second kappa shape index (κ2) is 14.5. The number of thioether (sulfide) groups is 1. The lowest BCUT2D eigenvalue weighted by molar-refractivity contribution is -0.146. The van der Waals surface area contributed by atoms with E-state index in [-0.39, 0.29) is 30.9 Å². The van der Waals surface area contributed by atoms with E-state index in [1.165, 1.54) is 0 Å². The maximum absolute atomic E-state index is 14.8. The normalized spacial score (nSPS) is 29.3. The highest BCUT2D eigenvalue weighted by Gasteiger charge is 2.78. The first-order valence-corrected chi connectivity index (χ1v) is 17.5. The molecule has 0 aliphatic carbocycles. The Morgan fingerprint density at radius 2 is 1.83 bits per heavy atom. The fourth-order valence-electron chi connectivity index (χ4n) is 8.04. The number of carbonyl (C=O) groups excluding carboxylic acids is 3. The number of rotatable bonds is 15. The van der Waals surface area contributed by atoms with Gasteiger partial charge in [0.15, 0.2) is 0 Å². The summed E-state index contributed by atoms with van der Waals surface area (Å²) in [5.41, 5.74) is 0.704. The average Bonchev–Trinajstić information content (AvgIpc) is 3.64. The summed E-state index contributed by atoms with van der Waals surface area (Å²) in [6.45, 7) is 18.9. The van der Waals surface area contributed by atoms with Crippen molar-refractivity contribution in [1.82, 2.24) is 14.7 Å². The third-order valence-corrected chi connectivity index (χ3v) is 12.3. The van der Waals surface area contributed by atoms with E-state index in [2.05, 4.69) is 25.0 Å². The number of ether oxygens (including phenoxy) is 2. The van der Waals surface area contributed by atoms with Gasteiger partial charge in [0.1, 0.15) is 11.8 Å². The third kappa shape index (κ3) is 6.11. The molecule has 1 aromatic rings. The van der Waals surface area contributed by atoms with Gasteiger partial charge in [-0.15, -0.1) is 24.9 Å². The van der Waals surface area contributed by atoms with Crippen LogP contribution in [-0.2, 0) is 19.1 Å². The van der Waals surface area contributed by atoms with Crippen LogP contribution in [0.5, 0.6) is 5.75 Å². The molecule has 11 heteroatoms. The predicted octanol–water partition coefficient (Wildman–Crippen LogP) is 3.20. The van der Waals surface area contributed by atoms with Gasteiger partial charge in [-0.1, -0.05) is 19.1 Å². The summed E-state index contributed by atoms with van der Waals surface area (Å²) in [7, 11) is 0. The average molecular weight is 655 g/mol. The molecule has 2 unspecified atom stereocenters. The highest BCUT2D eigenvalue weighted by molar-refractivity contribution is 8.02. The van der Waals surface area contributed by atoms with Gasteiger partial charge < -0.3 is 29.3 Å². The number of morpholine rings is 1. The summed E-state index contributed by atoms with van der Waals surface area (Å²) < 4.78 is 9.82. The Balaban J connectivity index is 1.51. The summed E-state index contributed by atoms with van der Waals surface area (Å²) in [4.78, 5) is 51.7. The predicted molar refractivity (Wildman–Crippen MR) is 181 cm³/mol. The van der Waals surface area contributed by atoms with E-state index >= 15 is 0 Å². The van der Waals surface area contributed by atoms with Crippen LogP contribution in [0.25, 0.3) is 0 Å². The van der Waals surface area contributed by atoms with Gasteiger partial charge in [-0.2, -0.15) is 0 Å². The molecule has 1 spiro atoms. The third-order valence-electron chi connectivity index (χ3n) is 10.3. The summed E-state index contributed by atoms with van der Waals surface area (Å²) in [5, 5.41) is 10.5. The molecule has 0 radical (unpaired) electrons. The number of amides is 3. The zero-order chi connectivity index (χ0) is 33.1. The fraction of sp³-hybridized carbons (Fsp3) is 0.629. The molecule has 4 heterocycles. The molecule has 1 aromatic carbocycles. The molecule has 3 amide bonds. The number of aliphatic hydroxyl groups is 1. The van der Waals surface area contributed by atoms with Crippen molar-refractivity contribution in [3.8, 4) is 5.75 Å². The van der Waals surface area contributed by atoms with Crippen LogP contribution in [0, 0.1) is 11.8 Å². The molecular formula is C35H50N4O6S. The Bertz CT molecular complexity index is 1280. The van der Waals surface area contributed by atoms with Crippen LogP contribution in [0.15, 0.2) is 49.6 Å². The molecule has 0 aromatic heterocycles. The first-order chi connectivity index (χ1) is 22.2. The van der Waals surface area contributed by atoms with Crippen LogP contribution in [0.2, 0.25) is 0 Å². The molecular weight excluding hydrogens is 604 g/mol. The SMILES string of the molecule is C=CCN(CCN1CCOCC1)C(=O)C1N([C@@H](CC)CO)C(=O)[C@@H]2[C@H](C(=O)N(CC=C)c3ccc(OCC)cc3)[C@]3(C)CCC12S3. The number of anilines is 1. The van der Waals surface area contributed by atoms with E-state index in [4.69, 9.17) is 9.47 Å². The van der Waals surface area contributed by atoms with Crippen molar-refractivity contribution in [2.45, 2.75) is 61.6 Å². The second-order valence-corrected chi connectivity index (χ2v) is 14.8. The van der Waals surface area contributed by atoms with Gasteiger partial charge in [0.2, 0.25) is 17.7 Å². The van der Waals surface area contributed by atoms with Crippen LogP contribution >= 0.6 is 11.8 Å².